The minimum atomic E-state index is -0.897. The fourth-order valence-corrected chi connectivity index (χ4v) is 4.64. The summed E-state index contributed by atoms with van der Waals surface area (Å²) < 4.78 is 5.58. The van der Waals surface area contributed by atoms with Crippen molar-refractivity contribution in [2.45, 2.75) is 32.2 Å². The minimum absolute atomic E-state index is 0.0590. The van der Waals surface area contributed by atoms with E-state index >= 15 is 0 Å². The SMILES string of the molecule is CC(C)[C@@H](NC(=O)OCC1c2ccccc2-c2ccccc21)C(=O)N1CCC(C(=O)O)C1. The first-order chi connectivity index (χ1) is 15.4. The number of amides is 2. The lowest BCUT2D eigenvalue weighted by Gasteiger charge is -2.26. The number of benzene rings is 2. The molecule has 4 rings (SSSR count). The summed E-state index contributed by atoms with van der Waals surface area (Å²) in [6, 6.07) is 15.4. The van der Waals surface area contributed by atoms with Gasteiger partial charge in [-0.3, -0.25) is 9.59 Å². The van der Waals surface area contributed by atoms with E-state index in [1.54, 1.807) is 0 Å². The van der Waals surface area contributed by atoms with E-state index in [0.717, 1.165) is 22.3 Å². The molecule has 1 unspecified atom stereocenters. The highest BCUT2D eigenvalue weighted by Crippen LogP contribution is 2.44. The Morgan fingerprint density at radius 2 is 1.66 bits per heavy atom. The molecule has 0 radical (unpaired) electrons. The summed E-state index contributed by atoms with van der Waals surface area (Å²) in [6.07, 6.45) is -0.218. The molecular weight excluding hydrogens is 408 g/mol. The molecule has 0 aromatic heterocycles. The first-order valence-corrected chi connectivity index (χ1v) is 11.0. The minimum Gasteiger partial charge on any atom is -0.481 e. The molecule has 1 fully saturated rings. The highest BCUT2D eigenvalue weighted by molar-refractivity contribution is 5.87. The molecule has 2 atom stereocenters. The lowest BCUT2D eigenvalue weighted by atomic mass is 9.98. The van der Waals surface area contributed by atoms with Crippen LogP contribution in [0.1, 0.15) is 37.3 Å². The van der Waals surface area contributed by atoms with Gasteiger partial charge in [0, 0.05) is 19.0 Å². The Kier molecular flexibility index (Phi) is 6.17. The number of hydrogen-bond acceptors (Lipinski definition) is 4. The number of aliphatic carboxylic acids is 1. The van der Waals surface area contributed by atoms with Crippen molar-refractivity contribution in [3.63, 3.8) is 0 Å². The fourth-order valence-electron chi connectivity index (χ4n) is 4.64. The zero-order valence-electron chi connectivity index (χ0n) is 18.3. The number of fused-ring (bicyclic) bond motifs is 3. The summed E-state index contributed by atoms with van der Waals surface area (Å²) in [4.78, 5) is 38.3. The number of nitrogens with one attached hydrogen (secondary N) is 1. The van der Waals surface area contributed by atoms with E-state index in [0.29, 0.717) is 13.0 Å². The van der Waals surface area contributed by atoms with Crippen molar-refractivity contribution in [1.29, 1.82) is 0 Å². The van der Waals surface area contributed by atoms with Crippen molar-refractivity contribution in [1.82, 2.24) is 10.2 Å². The van der Waals surface area contributed by atoms with Crippen molar-refractivity contribution in [3.05, 3.63) is 59.7 Å². The largest absolute Gasteiger partial charge is 0.481 e. The van der Waals surface area contributed by atoms with Crippen LogP contribution in [0, 0.1) is 11.8 Å². The van der Waals surface area contributed by atoms with E-state index < -0.39 is 24.0 Å². The van der Waals surface area contributed by atoms with Crippen LogP contribution >= 0.6 is 0 Å². The first kappa shape index (κ1) is 21.9. The van der Waals surface area contributed by atoms with Crippen LogP contribution < -0.4 is 5.32 Å². The van der Waals surface area contributed by atoms with Gasteiger partial charge in [0.25, 0.3) is 0 Å². The summed E-state index contributed by atoms with van der Waals surface area (Å²) in [7, 11) is 0. The number of carbonyl (C=O) groups excluding carboxylic acids is 2. The number of likely N-dealkylation sites (tertiary alicyclic amines) is 1. The van der Waals surface area contributed by atoms with Gasteiger partial charge in [0.2, 0.25) is 5.91 Å². The Morgan fingerprint density at radius 3 is 2.19 bits per heavy atom. The van der Waals surface area contributed by atoms with Gasteiger partial charge in [-0.25, -0.2) is 4.79 Å². The van der Waals surface area contributed by atoms with Crippen LogP contribution in [0.4, 0.5) is 4.79 Å². The number of ether oxygens (including phenoxy) is 1. The lowest BCUT2D eigenvalue weighted by Crippen LogP contribution is -2.51. The Labute approximate surface area is 187 Å². The maximum Gasteiger partial charge on any atom is 0.407 e. The third kappa shape index (κ3) is 4.20. The van der Waals surface area contributed by atoms with E-state index in [2.05, 4.69) is 17.4 Å². The van der Waals surface area contributed by atoms with Gasteiger partial charge in [0.05, 0.1) is 5.92 Å². The molecule has 168 valence electrons. The third-order valence-corrected chi connectivity index (χ3v) is 6.40. The van der Waals surface area contributed by atoms with Crippen LogP contribution in [-0.4, -0.2) is 53.7 Å². The molecule has 0 saturated carbocycles. The third-order valence-electron chi connectivity index (χ3n) is 6.40. The van der Waals surface area contributed by atoms with Crippen molar-refractivity contribution in [2.75, 3.05) is 19.7 Å². The van der Waals surface area contributed by atoms with E-state index in [4.69, 9.17) is 4.74 Å². The van der Waals surface area contributed by atoms with Gasteiger partial charge in [0.15, 0.2) is 0 Å². The molecule has 1 saturated heterocycles. The second-order valence-electron chi connectivity index (χ2n) is 8.80. The van der Waals surface area contributed by atoms with Crippen LogP contribution in [0.25, 0.3) is 11.1 Å². The van der Waals surface area contributed by atoms with E-state index in [1.165, 1.54) is 4.90 Å². The van der Waals surface area contributed by atoms with Gasteiger partial charge in [-0.2, -0.15) is 0 Å². The monoisotopic (exact) mass is 436 g/mol. The molecule has 2 aromatic rings. The van der Waals surface area contributed by atoms with Crippen LogP contribution in [0.3, 0.4) is 0 Å². The average molecular weight is 437 g/mol. The fraction of sp³-hybridized carbons (Fsp3) is 0.400. The molecule has 7 heteroatoms. The quantitative estimate of drug-likeness (QED) is 0.723. The number of carboxylic acid groups (broad SMARTS) is 1. The Balaban J connectivity index is 1.41. The molecule has 0 spiro atoms. The molecule has 32 heavy (non-hydrogen) atoms. The normalized spacial score (nSPS) is 18.2. The Hall–Kier alpha value is -3.35. The van der Waals surface area contributed by atoms with Gasteiger partial charge < -0.3 is 20.1 Å². The molecule has 7 nitrogen and oxygen atoms in total. The van der Waals surface area contributed by atoms with Crippen LogP contribution in [0.15, 0.2) is 48.5 Å². The number of hydrogen-bond donors (Lipinski definition) is 2. The number of rotatable bonds is 6. The smallest absolute Gasteiger partial charge is 0.407 e. The number of nitrogens with zero attached hydrogens (tertiary/aromatic N) is 1. The lowest BCUT2D eigenvalue weighted by molar-refractivity contribution is -0.141. The first-order valence-electron chi connectivity index (χ1n) is 11.0. The summed E-state index contributed by atoms with van der Waals surface area (Å²) in [6.45, 7) is 4.41. The van der Waals surface area contributed by atoms with Gasteiger partial charge in [-0.05, 0) is 34.6 Å². The molecule has 0 bridgehead atoms. The second-order valence-corrected chi connectivity index (χ2v) is 8.80. The predicted molar refractivity (Wildman–Crippen MR) is 119 cm³/mol. The summed E-state index contributed by atoms with van der Waals surface area (Å²) in [5.74, 6) is -1.94. The van der Waals surface area contributed by atoms with Gasteiger partial charge in [-0.1, -0.05) is 62.4 Å². The summed E-state index contributed by atoms with van der Waals surface area (Å²) in [5.41, 5.74) is 4.54. The van der Waals surface area contributed by atoms with Crippen LogP contribution in [0.5, 0.6) is 0 Å². The Bertz CT molecular complexity index is 989. The molecule has 2 amide bonds. The topological polar surface area (TPSA) is 95.9 Å². The van der Waals surface area contributed by atoms with Crippen molar-refractivity contribution in [2.24, 2.45) is 11.8 Å². The Morgan fingerprint density at radius 1 is 1.06 bits per heavy atom. The van der Waals surface area contributed by atoms with Crippen molar-refractivity contribution < 1.29 is 24.2 Å². The second kappa shape index (κ2) is 9.02. The highest BCUT2D eigenvalue weighted by Gasteiger charge is 2.36. The zero-order chi connectivity index (χ0) is 22.8. The van der Waals surface area contributed by atoms with Crippen LogP contribution in [-0.2, 0) is 14.3 Å². The van der Waals surface area contributed by atoms with Gasteiger partial charge in [0.1, 0.15) is 12.6 Å². The standard InChI is InChI=1S/C25H28N2O5/c1-15(2)22(23(28)27-12-11-16(13-27)24(29)30)26-25(31)32-14-21-19-9-5-3-7-17(19)18-8-4-6-10-20(18)21/h3-10,15-16,21-22H,11-14H2,1-2H3,(H,26,31)(H,29,30)/t16?,22-/m1/s1. The van der Waals surface area contributed by atoms with Gasteiger partial charge >= 0.3 is 12.1 Å². The average Bonchev–Trinajstić information content (AvgIpc) is 3.39. The molecule has 2 aliphatic rings. The summed E-state index contributed by atoms with van der Waals surface area (Å²) in [5, 5.41) is 11.9. The molecule has 2 N–H and O–H groups in total. The number of carboxylic acids is 1. The van der Waals surface area contributed by atoms with Crippen LogP contribution in [0.2, 0.25) is 0 Å². The predicted octanol–water partition coefficient (Wildman–Crippen LogP) is 3.48. The maximum absolute atomic E-state index is 12.9. The molecule has 1 heterocycles. The van der Waals surface area contributed by atoms with E-state index in [1.807, 2.05) is 50.2 Å². The summed E-state index contributed by atoms with van der Waals surface area (Å²) >= 11 is 0. The van der Waals surface area contributed by atoms with Gasteiger partial charge in [-0.15, -0.1) is 0 Å². The molecule has 1 aliphatic heterocycles. The van der Waals surface area contributed by atoms with Crippen molar-refractivity contribution in [3.8, 4) is 11.1 Å². The molecular formula is C25H28N2O5. The van der Waals surface area contributed by atoms with E-state index in [9.17, 15) is 19.5 Å². The molecule has 1 aliphatic carbocycles. The number of alkyl carbamates (subject to hydrolysis) is 1. The zero-order valence-corrected chi connectivity index (χ0v) is 18.3. The number of carbonyl (C=O) groups is 3. The molecule has 2 aromatic carbocycles. The van der Waals surface area contributed by atoms with E-state index in [-0.39, 0.29) is 30.9 Å². The highest BCUT2D eigenvalue weighted by atomic mass is 16.5. The maximum atomic E-state index is 12.9. The van der Waals surface area contributed by atoms with Crippen molar-refractivity contribution >= 4 is 18.0 Å².